The molecule has 5 nitrogen and oxygen atoms in total. The van der Waals surface area contributed by atoms with Crippen LogP contribution in [-0.2, 0) is 0 Å². The maximum atomic E-state index is 11.9. The number of nitrogen functional groups attached to an aromatic ring is 1. The molecule has 1 aromatic heterocycles. The van der Waals surface area contributed by atoms with Gasteiger partial charge in [-0.2, -0.15) is 0 Å². The molecule has 3 N–H and O–H groups in total. The van der Waals surface area contributed by atoms with Crippen LogP contribution in [0.1, 0.15) is 10.4 Å². The van der Waals surface area contributed by atoms with Crippen molar-refractivity contribution in [3.63, 3.8) is 0 Å². The lowest BCUT2D eigenvalue weighted by atomic mass is 10.2. The largest absolute Gasteiger partial charge is 0.495 e. The van der Waals surface area contributed by atoms with Crippen LogP contribution in [0.5, 0.6) is 5.75 Å². The SMILES string of the molecule is COc1ccc(NC(=O)c2ccoc2Br)cc1N. The molecule has 0 spiro atoms. The molecule has 1 heterocycles. The van der Waals surface area contributed by atoms with Gasteiger partial charge in [-0.25, -0.2) is 0 Å². The van der Waals surface area contributed by atoms with E-state index in [-0.39, 0.29) is 5.91 Å². The molecule has 0 aliphatic rings. The highest BCUT2D eigenvalue weighted by molar-refractivity contribution is 9.10. The van der Waals surface area contributed by atoms with Crippen LogP contribution in [0.25, 0.3) is 0 Å². The molecular formula is C12H11BrN2O3. The number of furan rings is 1. The van der Waals surface area contributed by atoms with Gasteiger partial charge in [-0.05, 0) is 40.2 Å². The van der Waals surface area contributed by atoms with Crippen LogP contribution >= 0.6 is 15.9 Å². The molecule has 0 aliphatic heterocycles. The predicted octanol–water partition coefficient (Wildman–Crippen LogP) is 2.89. The Morgan fingerprint density at radius 1 is 1.44 bits per heavy atom. The molecule has 0 aliphatic carbocycles. The van der Waals surface area contributed by atoms with E-state index in [2.05, 4.69) is 21.2 Å². The molecule has 0 atom stereocenters. The summed E-state index contributed by atoms with van der Waals surface area (Å²) in [6, 6.07) is 6.60. The van der Waals surface area contributed by atoms with Crippen molar-refractivity contribution >= 4 is 33.2 Å². The normalized spacial score (nSPS) is 10.1. The maximum absolute atomic E-state index is 11.9. The number of anilines is 2. The van der Waals surface area contributed by atoms with E-state index in [9.17, 15) is 4.79 Å². The maximum Gasteiger partial charge on any atom is 0.260 e. The summed E-state index contributed by atoms with van der Waals surface area (Å²) in [5.74, 6) is 0.290. The van der Waals surface area contributed by atoms with Crippen molar-refractivity contribution in [2.24, 2.45) is 0 Å². The standard InChI is InChI=1S/C12H11BrN2O3/c1-17-10-3-2-7(6-9(10)14)15-12(16)8-4-5-18-11(8)13/h2-6H,14H2,1H3,(H,15,16). The van der Waals surface area contributed by atoms with Crippen molar-refractivity contribution < 1.29 is 13.9 Å². The number of benzene rings is 1. The van der Waals surface area contributed by atoms with E-state index >= 15 is 0 Å². The highest BCUT2D eigenvalue weighted by atomic mass is 79.9. The molecule has 0 bridgehead atoms. The summed E-state index contributed by atoms with van der Waals surface area (Å²) in [4.78, 5) is 11.9. The Labute approximate surface area is 112 Å². The molecule has 94 valence electrons. The minimum absolute atomic E-state index is 0.278. The Balaban J connectivity index is 2.17. The minimum Gasteiger partial charge on any atom is -0.495 e. The van der Waals surface area contributed by atoms with Gasteiger partial charge in [-0.1, -0.05) is 0 Å². The molecule has 2 rings (SSSR count). The number of hydrogen-bond acceptors (Lipinski definition) is 4. The molecule has 0 unspecified atom stereocenters. The molecule has 2 aromatic rings. The van der Waals surface area contributed by atoms with Gasteiger partial charge in [0.15, 0.2) is 4.67 Å². The first-order valence-electron chi connectivity index (χ1n) is 5.09. The zero-order chi connectivity index (χ0) is 13.1. The van der Waals surface area contributed by atoms with E-state index < -0.39 is 0 Å². The Morgan fingerprint density at radius 3 is 2.78 bits per heavy atom. The molecule has 1 aromatic carbocycles. The van der Waals surface area contributed by atoms with Gasteiger partial charge in [-0.3, -0.25) is 4.79 Å². The van der Waals surface area contributed by atoms with Crippen molar-refractivity contribution in [2.75, 3.05) is 18.2 Å². The third kappa shape index (κ3) is 2.48. The Hall–Kier alpha value is -1.95. The van der Waals surface area contributed by atoms with Crippen molar-refractivity contribution in [3.8, 4) is 5.75 Å². The van der Waals surface area contributed by atoms with Crippen LogP contribution in [0.4, 0.5) is 11.4 Å². The molecule has 0 fully saturated rings. The van der Waals surface area contributed by atoms with E-state index in [1.165, 1.54) is 13.4 Å². The second kappa shape index (κ2) is 5.14. The summed E-state index contributed by atoms with van der Waals surface area (Å²) in [7, 11) is 1.53. The Kier molecular flexibility index (Phi) is 3.57. The van der Waals surface area contributed by atoms with Gasteiger partial charge in [-0.15, -0.1) is 0 Å². The molecule has 0 saturated heterocycles. The van der Waals surface area contributed by atoms with Gasteiger partial charge in [0.25, 0.3) is 5.91 Å². The summed E-state index contributed by atoms with van der Waals surface area (Å²) in [5, 5.41) is 2.71. The monoisotopic (exact) mass is 310 g/mol. The van der Waals surface area contributed by atoms with Crippen LogP contribution < -0.4 is 15.8 Å². The Morgan fingerprint density at radius 2 is 2.22 bits per heavy atom. The van der Waals surface area contributed by atoms with Gasteiger partial charge >= 0.3 is 0 Å². The fraction of sp³-hybridized carbons (Fsp3) is 0.0833. The van der Waals surface area contributed by atoms with E-state index in [1.807, 2.05) is 0 Å². The van der Waals surface area contributed by atoms with Gasteiger partial charge in [0.2, 0.25) is 0 Å². The Bertz CT molecular complexity index is 580. The zero-order valence-electron chi connectivity index (χ0n) is 9.57. The zero-order valence-corrected chi connectivity index (χ0v) is 11.2. The van der Waals surface area contributed by atoms with Crippen LogP contribution in [0.2, 0.25) is 0 Å². The first-order chi connectivity index (χ1) is 8.61. The molecule has 6 heteroatoms. The molecule has 18 heavy (non-hydrogen) atoms. The fourth-order valence-electron chi connectivity index (χ4n) is 1.47. The van der Waals surface area contributed by atoms with Crippen molar-refractivity contribution in [3.05, 3.63) is 40.8 Å². The van der Waals surface area contributed by atoms with Gasteiger partial charge in [0.1, 0.15) is 5.75 Å². The number of carbonyl (C=O) groups excluding carboxylic acids is 1. The summed E-state index contributed by atoms with van der Waals surface area (Å²) < 4.78 is 10.4. The number of ether oxygens (including phenoxy) is 1. The van der Waals surface area contributed by atoms with Crippen LogP contribution in [0, 0.1) is 0 Å². The average molecular weight is 311 g/mol. The molecule has 0 radical (unpaired) electrons. The van der Waals surface area contributed by atoms with Crippen LogP contribution in [0.15, 0.2) is 39.6 Å². The second-order valence-electron chi connectivity index (χ2n) is 3.52. The third-order valence-electron chi connectivity index (χ3n) is 2.35. The quantitative estimate of drug-likeness (QED) is 0.855. The van der Waals surface area contributed by atoms with Gasteiger partial charge in [0.05, 0.1) is 24.6 Å². The summed E-state index contributed by atoms with van der Waals surface area (Å²) in [6.45, 7) is 0. The van der Waals surface area contributed by atoms with E-state index in [0.29, 0.717) is 27.4 Å². The number of rotatable bonds is 3. The summed E-state index contributed by atoms with van der Waals surface area (Å²) >= 11 is 3.15. The van der Waals surface area contributed by atoms with Crippen LogP contribution in [-0.4, -0.2) is 13.0 Å². The minimum atomic E-state index is -0.278. The third-order valence-corrected chi connectivity index (χ3v) is 2.96. The molecule has 1 amide bonds. The van der Waals surface area contributed by atoms with Crippen molar-refractivity contribution in [1.82, 2.24) is 0 Å². The highest BCUT2D eigenvalue weighted by Crippen LogP contribution is 2.25. The number of nitrogens with two attached hydrogens (primary N) is 1. The smallest absolute Gasteiger partial charge is 0.260 e. The van der Waals surface area contributed by atoms with Gasteiger partial charge < -0.3 is 20.2 Å². The number of hydrogen-bond donors (Lipinski definition) is 2. The van der Waals surface area contributed by atoms with E-state index in [0.717, 1.165) is 0 Å². The average Bonchev–Trinajstić information content (AvgIpc) is 2.76. The molecule has 0 saturated carbocycles. The number of nitrogens with one attached hydrogen (secondary N) is 1. The highest BCUT2D eigenvalue weighted by Gasteiger charge is 2.13. The summed E-state index contributed by atoms with van der Waals surface area (Å²) in [5.41, 5.74) is 7.22. The lowest BCUT2D eigenvalue weighted by Gasteiger charge is -2.08. The van der Waals surface area contributed by atoms with Crippen molar-refractivity contribution in [2.45, 2.75) is 0 Å². The van der Waals surface area contributed by atoms with Crippen LogP contribution in [0.3, 0.4) is 0 Å². The van der Waals surface area contributed by atoms with E-state index in [1.54, 1.807) is 24.3 Å². The lowest BCUT2D eigenvalue weighted by molar-refractivity contribution is 0.102. The number of amides is 1. The van der Waals surface area contributed by atoms with Crippen molar-refractivity contribution in [1.29, 1.82) is 0 Å². The molecular weight excluding hydrogens is 300 g/mol. The fourth-order valence-corrected chi connectivity index (χ4v) is 1.89. The van der Waals surface area contributed by atoms with Gasteiger partial charge in [0, 0.05) is 5.69 Å². The first kappa shape index (κ1) is 12.5. The number of methoxy groups -OCH3 is 1. The summed E-state index contributed by atoms with van der Waals surface area (Å²) in [6.07, 6.45) is 1.43. The number of carbonyl (C=O) groups is 1. The second-order valence-corrected chi connectivity index (χ2v) is 4.24. The van der Waals surface area contributed by atoms with E-state index in [4.69, 9.17) is 14.9 Å². The topological polar surface area (TPSA) is 77.5 Å². The first-order valence-corrected chi connectivity index (χ1v) is 5.89. The lowest BCUT2D eigenvalue weighted by Crippen LogP contribution is -2.11. The predicted molar refractivity (Wildman–Crippen MR) is 71.8 cm³/mol. The number of halogens is 1.